The highest BCUT2D eigenvalue weighted by atomic mass is 19.1. The minimum absolute atomic E-state index is 0.0383. The Balaban J connectivity index is 0.000000176. The Morgan fingerprint density at radius 1 is 1.05 bits per heavy atom. The second-order valence-electron chi connectivity index (χ2n) is 8.28. The lowest BCUT2D eigenvalue weighted by atomic mass is 10.1. The van der Waals surface area contributed by atoms with Crippen LogP contribution in [0.1, 0.15) is 18.9 Å². The number of hydrogen-bond donors (Lipinski definition) is 8. The van der Waals surface area contributed by atoms with E-state index in [1.807, 2.05) is 0 Å². The van der Waals surface area contributed by atoms with E-state index in [1.165, 1.54) is 10.9 Å². The number of aromatic amines is 1. The molecule has 0 aliphatic carbocycles. The van der Waals surface area contributed by atoms with Gasteiger partial charge in [0.2, 0.25) is 11.8 Å². The molecule has 2 aliphatic heterocycles. The fourth-order valence-electron chi connectivity index (χ4n) is 3.98. The van der Waals surface area contributed by atoms with Crippen LogP contribution in [0.15, 0.2) is 22.1 Å². The van der Waals surface area contributed by atoms with Crippen LogP contribution in [-0.4, -0.2) is 98.3 Å². The monoisotopic (exact) mass is 528 g/mol. The van der Waals surface area contributed by atoms with Crippen LogP contribution < -0.4 is 22.7 Å². The molecule has 3 aromatic rings. The first-order chi connectivity index (χ1) is 17.5. The molecule has 2 aliphatic rings. The number of aromatic nitrogens is 6. The number of nitrogens with one attached hydrogen (secondary N) is 1. The lowest BCUT2D eigenvalue weighted by molar-refractivity contribution is -0.0511. The fourth-order valence-corrected chi connectivity index (χ4v) is 3.98. The predicted octanol–water partition coefficient (Wildman–Crippen LogP) is -4.08. The molecule has 7 atom stereocenters. The molecule has 0 amide bonds. The van der Waals surface area contributed by atoms with Gasteiger partial charge in [-0.05, 0) is 0 Å². The Labute approximate surface area is 205 Å². The van der Waals surface area contributed by atoms with E-state index in [0.29, 0.717) is 5.52 Å². The van der Waals surface area contributed by atoms with E-state index in [0.717, 1.165) is 10.8 Å². The van der Waals surface area contributed by atoms with E-state index >= 15 is 0 Å². The highest BCUT2D eigenvalue weighted by Crippen LogP contribution is 2.32. The Hall–Kier alpha value is -3.52. The Morgan fingerprint density at radius 3 is 2.38 bits per heavy atom. The zero-order chi connectivity index (χ0) is 27.0. The Bertz CT molecular complexity index is 1380. The topological polar surface area (TPSA) is 270 Å². The Kier molecular flexibility index (Phi) is 7.50. The molecule has 1 unspecified atom stereocenters. The van der Waals surface area contributed by atoms with E-state index in [9.17, 15) is 29.3 Å². The Morgan fingerprint density at radius 2 is 1.76 bits per heavy atom. The van der Waals surface area contributed by atoms with Gasteiger partial charge < -0.3 is 46.5 Å². The third-order valence-corrected chi connectivity index (χ3v) is 5.88. The fraction of sp³-hybridized carbons (Fsp3) is 0.526. The number of nitrogens with two attached hydrogens (primary N) is 2. The molecule has 0 aromatic carbocycles. The molecule has 37 heavy (non-hydrogen) atoms. The van der Waals surface area contributed by atoms with E-state index < -0.39 is 73.3 Å². The van der Waals surface area contributed by atoms with Crippen molar-refractivity contribution in [3.05, 3.63) is 39.2 Å². The van der Waals surface area contributed by atoms with Crippen molar-refractivity contribution in [1.29, 1.82) is 0 Å². The van der Waals surface area contributed by atoms with E-state index in [2.05, 4.69) is 15.0 Å². The smallest absolute Gasteiger partial charge is 0.330 e. The molecule has 17 nitrogen and oxygen atoms in total. The van der Waals surface area contributed by atoms with Crippen molar-refractivity contribution < 1.29 is 39.4 Å². The molecule has 0 saturated carbocycles. The van der Waals surface area contributed by atoms with Crippen molar-refractivity contribution in [2.75, 3.05) is 24.7 Å². The van der Waals surface area contributed by atoms with Gasteiger partial charge in [0.05, 0.1) is 31.8 Å². The van der Waals surface area contributed by atoms with Crippen LogP contribution in [0.2, 0.25) is 0 Å². The van der Waals surface area contributed by atoms with Gasteiger partial charge in [0, 0.05) is 6.42 Å². The van der Waals surface area contributed by atoms with Gasteiger partial charge in [-0.25, -0.2) is 9.78 Å². The van der Waals surface area contributed by atoms with Gasteiger partial charge in [-0.1, -0.05) is 0 Å². The minimum Gasteiger partial charge on any atom is -0.394 e. The number of fused-ring (bicyclic) bond motifs is 1. The number of nitrogens with zero attached hydrogens (tertiary/aromatic N) is 5. The van der Waals surface area contributed by atoms with Crippen molar-refractivity contribution in [3.8, 4) is 0 Å². The molecule has 5 heterocycles. The lowest BCUT2D eigenvalue weighted by Gasteiger charge is -2.16. The third-order valence-electron chi connectivity index (χ3n) is 5.88. The maximum atomic E-state index is 13.0. The molecule has 2 fully saturated rings. The quantitative estimate of drug-likeness (QED) is 0.160. The average Bonchev–Trinajstić information content (AvgIpc) is 3.52. The summed E-state index contributed by atoms with van der Waals surface area (Å²) in [5.41, 5.74) is 9.88. The summed E-state index contributed by atoms with van der Waals surface area (Å²) in [6.07, 6.45) is -4.81. The van der Waals surface area contributed by atoms with E-state index in [1.54, 1.807) is 4.98 Å². The predicted molar refractivity (Wildman–Crippen MR) is 120 cm³/mol. The van der Waals surface area contributed by atoms with Gasteiger partial charge in [-0.3, -0.25) is 18.9 Å². The summed E-state index contributed by atoms with van der Waals surface area (Å²) in [6.45, 7) is -0.821. The SMILES string of the molecule is Nc1nc(N)c2ncn(C3O[C@H](CO)[C@@H](O)[C@@H]3O)c2n1.O=c1[nH]c(=O)n([C@H]2C[C@H](O)[C@@H](CO)O2)cc1F. The molecule has 0 spiro atoms. The maximum Gasteiger partial charge on any atom is 0.330 e. The molecular weight excluding hydrogens is 503 g/mol. The average molecular weight is 528 g/mol. The van der Waals surface area contributed by atoms with E-state index in [4.69, 9.17) is 31.2 Å². The molecule has 3 aromatic heterocycles. The summed E-state index contributed by atoms with van der Waals surface area (Å²) >= 11 is 0. The number of aliphatic hydroxyl groups excluding tert-OH is 5. The number of aliphatic hydroxyl groups is 5. The summed E-state index contributed by atoms with van der Waals surface area (Å²) in [5, 5.41) is 47.2. The number of rotatable bonds is 4. The maximum absolute atomic E-state index is 13.0. The molecule has 18 heteroatoms. The summed E-state index contributed by atoms with van der Waals surface area (Å²) in [6, 6.07) is 0. The summed E-state index contributed by atoms with van der Waals surface area (Å²) in [5.74, 6) is -1.04. The van der Waals surface area contributed by atoms with Crippen LogP contribution in [0.3, 0.4) is 0 Å². The highest BCUT2D eigenvalue weighted by Gasteiger charge is 2.44. The van der Waals surface area contributed by atoms with Crippen LogP contribution in [-0.2, 0) is 9.47 Å². The van der Waals surface area contributed by atoms with Crippen molar-refractivity contribution in [1.82, 2.24) is 29.1 Å². The minimum atomic E-state index is -1.23. The number of ether oxygens (including phenoxy) is 2. The first-order valence-corrected chi connectivity index (χ1v) is 10.9. The molecule has 2 saturated heterocycles. The number of anilines is 2. The first-order valence-electron chi connectivity index (χ1n) is 10.9. The molecule has 10 N–H and O–H groups in total. The second kappa shape index (κ2) is 10.5. The van der Waals surface area contributed by atoms with Crippen LogP contribution in [0.25, 0.3) is 11.2 Å². The highest BCUT2D eigenvalue weighted by molar-refractivity contribution is 5.82. The molecule has 0 bridgehead atoms. The molecular formula is C19H25FN8O9. The number of H-pyrrole nitrogens is 1. The lowest BCUT2D eigenvalue weighted by Crippen LogP contribution is -2.34. The summed E-state index contributed by atoms with van der Waals surface area (Å²) < 4.78 is 25.8. The first kappa shape index (κ1) is 26.5. The van der Waals surface area contributed by atoms with Gasteiger partial charge >= 0.3 is 5.69 Å². The van der Waals surface area contributed by atoms with Crippen molar-refractivity contribution in [2.24, 2.45) is 0 Å². The third kappa shape index (κ3) is 5.03. The van der Waals surface area contributed by atoms with Crippen molar-refractivity contribution in [2.45, 2.75) is 49.4 Å². The van der Waals surface area contributed by atoms with Crippen LogP contribution in [0, 0.1) is 5.82 Å². The van der Waals surface area contributed by atoms with Crippen LogP contribution in [0.4, 0.5) is 16.2 Å². The number of hydrogen-bond acceptors (Lipinski definition) is 14. The van der Waals surface area contributed by atoms with E-state index in [-0.39, 0.29) is 23.8 Å². The number of imidazole rings is 1. The van der Waals surface area contributed by atoms with Gasteiger partial charge in [0.1, 0.15) is 36.2 Å². The number of nitrogen functional groups attached to an aromatic ring is 2. The standard InChI is InChI=1S/C10H14N6O4.C9H11FN2O5/c11-7-4-8(15-10(12)14-7)16(2-13-4)9-6(19)5(18)3(1-17)20-9;10-4-2-12(9(16)11-8(4)15)7-1-5(14)6(3-13)17-7/h2-3,5-6,9,17-19H,1H2,(H4,11,12,14,15);2,5-7,13-14H,1,3H2,(H,11,15,16)/t3-,5-,6+,9?;5-,6+,7+/m10/s1. The largest absolute Gasteiger partial charge is 0.394 e. The zero-order valence-corrected chi connectivity index (χ0v) is 19.0. The van der Waals surface area contributed by atoms with Gasteiger partial charge in [0.15, 0.2) is 17.7 Å². The van der Waals surface area contributed by atoms with Gasteiger partial charge in [-0.15, -0.1) is 0 Å². The molecule has 202 valence electrons. The van der Waals surface area contributed by atoms with Crippen LogP contribution >= 0.6 is 0 Å². The summed E-state index contributed by atoms with van der Waals surface area (Å²) in [4.78, 5) is 35.8. The van der Waals surface area contributed by atoms with Crippen molar-refractivity contribution in [3.63, 3.8) is 0 Å². The second-order valence-corrected chi connectivity index (χ2v) is 8.28. The van der Waals surface area contributed by atoms with Gasteiger partial charge in [-0.2, -0.15) is 14.4 Å². The molecule has 0 radical (unpaired) electrons. The van der Waals surface area contributed by atoms with Crippen molar-refractivity contribution >= 4 is 22.9 Å². The van der Waals surface area contributed by atoms with Crippen LogP contribution in [0.5, 0.6) is 0 Å². The normalized spacial score (nSPS) is 29.4. The number of halogens is 1. The summed E-state index contributed by atoms with van der Waals surface area (Å²) in [7, 11) is 0. The van der Waals surface area contributed by atoms with Gasteiger partial charge in [0.25, 0.3) is 5.56 Å². The zero-order valence-electron chi connectivity index (χ0n) is 19.0. The molecule has 5 rings (SSSR count).